The molecule has 0 aromatic heterocycles. The predicted octanol–water partition coefficient (Wildman–Crippen LogP) is 4.43. The molecule has 1 amide bonds. The first-order chi connectivity index (χ1) is 10.2. The number of benzene rings is 2. The van der Waals surface area contributed by atoms with Crippen LogP contribution in [0.15, 0.2) is 54.6 Å². The Kier molecular flexibility index (Phi) is 5.21. The Bertz CT molecular complexity index is 567. The summed E-state index contributed by atoms with van der Waals surface area (Å²) in [5.41, 5.74) is 2.94. The van der Waals surface area contributed by atoms with Crippen LogP contribution in [0.4, 0.5) is 16.2 Å². The van der Waals surface area contributed by atoms with Crippen LogP contribution in [0, 0.1) is 0 Å². The molecule has 0 radical (unpaired) electrons. The van der Waals surface area contributed by atoms with Gasteiger partial charge in [0.05, 0.1) is 6.61 Å². The van der Waals surface area contributed by atoms with Gasteiger partial charge < -0.3 is 10.1 Å². The Labute approximate surface area is 125 Å². The minimum absolute atomic E-state index is 0.218. The smallest absolute Gasteiger partial charge is 0.411 e. The summed E-state index contributed by atoms with van der Waals surface area (Å²) < 4.78 is 4.83. The quantitative estimate of drug-likeness (QED) is 0.854. The molecule has 2 rings (SSSR count). The van der Waals surface area contributed by atoms with Crippen molar-refractivity contribution in [3.05, 3.63) is 60.2 Å². The molecule has 0 saturated heterocycles. The molecule has 2 aromatic carbocycles. The van der Waals surface area contributed by atoms with Crippen molar-refractivity contribution in [3.8, 4) is 0 Å². The molecular weight excluding hydrogens is 264 g/mol. The van der Waals surface area contributed by atoms with Crippen LogP contribution in [-0.2, 0) is 4.74 Å². The number of carbonyl (C=O) groups excluding carboxylic acids is 1. The summed E-state index contributed by atoms with van der Waals surface area (Å²) in [7, 11) is 0. The first-order valence-corrected chi connectivity index (χ1v) is 7.04. The molecule has 4 heteroatoms. The highest BCUT2D eigenvalue weighted by Crippen LogP contribution is 2.20. The van der Waals surface area contributed by atoms with Crippen molar-refractivity contribution < 1.29 is 9.53 Å². The van der Waals surface area contributed by atoms with Crippen molar-refractivity contribution in [2.24, 2.45) is 0 Å². The van der Waals surface area contributed by atoms with E-state index in [-0.39, 0.29) is 6.04 Å². The number of rotatable bonds is 5. The Morgan fingerprint density at radius 3 is 2.29 bits per heavy atom. The molecule has 110 valence electrons. The molecule has 0 spiro atoms. The van der Waals surface area contributed by atoms with Gasteiger partial charge in [-0.25, -0.2) is 4.79 Å². The molecule has 2 N–H and O–H groups in total. The van der Waals surface area contributed by atoms with Crippen molar-refractivity contribution >= 4 is 17.5 Å². The molecule has 0 saturated carbocycles. The molecule has 1 atom stereocenters. The maximum Gasteiger partial charge on any atom is 0.411 e. The van der Waals surface area contributed by atoms with Crippen LogP contribution < -0.4 is 10.6 Å². The predicted molar refractivity (Wildman–Crippen MR) is 85.6 cm³/mol. The van der Waals surface area contributed by atoms with Crippen molar-refractivity contribution in [2.75, 3.05) is 17.2 Å². The van der Waals surface area contributed by atoms with Gasteiger partial charge in [-0.2, -0.15) is 0 Å². The van der Waals surface area contributed by atoms with Gasteiger partial charge in [0.1, 0.15) is 0 Å². The van der Waals surface area contributed by atoms with E-state index in [1.54, 1.807) is 6.92 Å². The fourth-order valence-corrected chi connectivity index (χ4v) is 2.01. The molecular formula is C17H20N2O2. The first-order valence-electron chi connectivity index (χ1n) is 7.04. The lowest BCUT2D eigenvalue weighted by molar-refractivity contribution is 0.168. The van der Waals surface area contributed by atoms with Crippen molar-refractivity contribution in [3.63, 3.8) is 0 Å². The largest absolute Gasteiger partial charge is 0.450 e. The van der Waals surface area contributed by atoms with E-state index in [4.69, 9.17) is 4.74 Å². The lowest BCUT2D eigenvalue weighted by Crippen LogP contribution is -2.13. The van der Waals surface area contributed by atoms with E-state index in [9.17, 15) is 4.79 Å². The average molecular weight is 284 g/mol. The Morgan fingerprint density at radius 1 is 1.05 bits per heavy atom. The first kappa shape index (κ1) is 14.9. The lowest BCUT2D eigenvalue weighted by Gasteiger charge is -2.16. The van der Waals surface area contributed by atoms with Gasteiger partial charge in [0.15, 0.2) is 0 Å². The molecule has 2 aromatic rings. The van der Waals surface area contributed by atoms with Gasteiger partial charge in [-0.05, 0) is 43.7 Å². The number of nitrogens with one attached hydrogen (secondary N) is 2. The lowest BCUT2D eigenvalue weighted by atomic mass is 10.1. The van der Waals surface area contributed by atoms with Crippen LogP contribution in [-0.4, -0.2) is 12.7 Å². The van der Waals surface area contributed by atoms with Crippen LogP contribution in [0.2, 0.25) is 0 Å². The number of anilines is 2. The van der Waals surface area contributed by atoms with E-state index in [2.05, 4.69) is 29.7 Å². The summed E-state index contributed by atoms with van der Waals surface area (Å²) in [5.74, 6) is 0. The van der Waals surface area contributed by atoms with Gasteiger partial charge in [0.2, 0.25) is 0 Å². The highest BCUT2D eigenvalue weighted by atomic mass is 16.5. The van der Waals surface area contributed by atoms with Gasteiger partial charge in [0, 0.05) is 17.4 Å². The SMILES string of the molecule is CCOC(=O)Nc1ccc(NC(C)c2ccccc2)cc1. The van der Waals surface area contributed by atoms with Crippen molar-refractivity contribution in [2.45, 2.75) is 19.9 Å². The van der Waals surface area contributed by atoms with E-state index in [0.717, 1.165) is 5.69 Å². The van der Waals surface area contributed by atoms with Gasteiger partial charge in [-0.3, -0.25) is 5.32 Å². The second-order valence-electron chi connectivity index (χ2n) is 4.70. The third-order valence-corrected chi connectivity index (χ3v) is 3.09. The van der Waals surface area contributed by atoms with Gasteiger partial charge >= 0.3 is 6.09 Å². The minimum atomic E-state index is -0.434. The van der Waals surface area contributed by atoms with E-state index in [1.165, 1.54) is 5.56 Å². The van der Waals surface area contributed by atoms with Crippen LogP contribution in [0.3, 0.4) is 0 Å². The number of hydrogen-bond acceptors (Lipinski definition) is 3. The fraction of sp³-hybridized carbons (Fsp3) is 0.235. The van der Waals surface area contributed by atoms with Gasteiger partial charge in [0.25, 0.3) is 0 Å². The third kappa shape index (κ3) is 4.53. The number of carbonyl (C=O) groups is 1. The molecule has 0 aliphatic heterocycles. The maximum absolute atomic E-state index is 11.3. The zero-order valence-corrected chi connectivity index (χ0v) is 12.3. The summed E-state index contributed by atoms with van der Waals surface area (Å²) in [5, 5.41) is 6.09. The molecule has 0 bridgehead atoms. The van der Waals surface area contributed by atoms with E-state index in [1.807, 2.05) is 42.5 Å². The highest BCUT2D eigenvalue weighted by Gasteiger charge is 2.05. The molecule has 4 nitrogen and oxygen atoms in total. The molecule has 0 aliphatic carbocycles. The molecule has 21 heavy (non-hydrogen) atoms. The Morgan fingerprint density at radius 2 is 1.67 bits per heavy atom. The summed E-state index contributed by atoms with van der Waals surface area (Å²) in [4.78, 5) is 11.3. The Balaban J connectivity index is 1.95. The fourth-order valence-electron chi connectivity index (χ4n) is 2.01. The maximum atomic E-state index is 11.3. The average Bonchev–Trinajstić information content (AvgIpc) is 2.50. The van der Waals surface area contributed by atoms with Crippen LogP contribution >= 0.6 is 0 Å². The topological polar surface area (TPSA) is 50.4 Å². The number of hydrogen-bond donors (Lipinski definition) is 2. The van der Waals surface area contributed by atoms with E-state index >= 15 is 0 Å². The standard InChI is InChI=1S/C17H20N2O2/c1-3-21-17(20)19-16-11-9-15(10-12-16)18-13(2)14-7-5-4-6-8-14/h4-13,18H,3H2,1-2H3,(H,19,20). The Hall–Kier alpha value is -2.49. The highest BCUT2D eigenvalue weighted by molar-refractivity contribution is 5.84. The van der Waals surface area contributed by atoms with E-state index in [0.29, 0.717) is 12.3 Å². The van der Waals surface area contributed by atoms with Gasteiger partial charge in [-0.15, -0.1) is 0 Å². The van der Waals surface area contributed by atoms with Gasteiger partial charge in [-0.1, -0.05) is 30.3 Å². The molecule has 0 aliphatic rings. The molecule has 1 unspecified atom stereocenters. The van der Waals surface area contributed by atoms with Crippen LogP contribution in [0.5, 0.6) is 0 Å². The van der Waals surface area contributed by atoms with Crippen molar-refractivity contribution in [1.29, 1.82) is 0 Å². The monoisotopic (exact) mass is 284 g/mol. The summed E-state index contributed by atoms with van der Waals surface area (Å²) >= 11 is 0. The second kappa shape index (κ2) is 7.33. The summed E-state index contributed by atoms with van der Waals surface area (Å²) in [6, 6.07) is 18.0. The van der Waals surface area contributed by atoms with Crippen molar-refractivity contribution in [1.82, 2.24) is 0 Å². The zero-order chi connectivity index (χ0) is 15.1. The third-order valence-electron chi connectivity index (χ3n) is 3.09. The summed E-state index contributed by atoms with van der Waals surface area (Å²) in [6.07, 6.45) is -0.434. The molecule has 0 heterocycles. The van der Waals surface area contributed by atoms with E-state index < -0.39 is 6.09 Å². The second-order valence-corrected chi connectivity index (χ2v) is 4.70. The molecule has 0 fully saturated rings. The number of amides is 1. The van der Waals surface area contributed by atoms with Crippen LogP contribution in [0.25, 0.3) is 0 Å². The normalized spacial score (nSPS) is 11.5. The zero-order valence-electron chi connectivity index (χ0n) is 12.3. The number of ether oxygens (including phenoxy) is 1. The summed E-state index contributed by atoms with van der Waals surface area (Å²) in [6.45, 7) is 4.25. The minimum Gasteiger partial charge on any atom is -0.450 e. The van der Waals surface area contributed by atoms with Crippen LogP contribution in [0.1, 0.15) is 25.5 Å².